The smallest absolute Gasteiger partial charge is 0.407 e. The number of anilines is 2. The van der Waals surface area contributed by atoms with E-state index in [1.54, 1.807) is 12.4 Å². The van der Waals surface area contributed by atoms with Crippen LogP contribution in [0.4, 0.5) is 16.4 Å². The van der Waals surface area contributed by atoms with Crippen LogP contribution in [0.15, 0.2) is 30.6 Å². The molecule has 0 saturated heterocycles. The van der Waals surface area contributed by atoms with Crippen molar-refractivity contribution >= 4 is 17.7 Å². The zero-order chi connectivity index (χ0) is 19.4. The van der Waals surface area contributed by atoms with Gasteiger partial charge in [-0.3, -0.25) is 0 Å². The lowest BCUT2D eigenvalue weighted by Gasteiger charge is -2.27. The first-order valence-electron chi connectivity index (χ1n) is 9.45. The third-order valence-corrected chi connectivity index (χ3v) is 4.51. The largest absolute Gasteiger partial charge is 0.444 e. The molecule has 0 saturated carbocycles. The number of hydrogen-bond acceptors (Lipinski definition) is 5. The van der Waals surface area contributed by atoms with Crippen LogP contribution >= 0.6 is 0 Å². The molecule has 6 nitrogen and oxygen atoms in total. The summed E-state index contributed by atoms with van der Waals surface area (Å²) in [5.41, 5.74) is 4.15. The monoisotopic (exact) mass is 368 g/mol. The van der Waals surface area contributed by atoms with E-state index < -0.39 is 5.60 Å². The Morgan fingerprint density at radius 1 is 1.26 bits per heavy atom. The van der Waals surface area contributed by atoms with Gasteiger partial charge in [0.05, 0.1) is 0 Å². The van der Waals surface area contributed by atoms with Gasteiger partial charge >= 0.3 is 6.09 Å². The van der Waals surface area contributed by atoms with Crippen LogP contribution in [0.5, 0.6) is 0 Å². The summed E-state index contributed by atoms with van der Waals surface area (Å²) in [6, 6.07) is 6.36. The quantitative estimate of drug-likeness (QED) is 0.832. The van der Waals surface area contributed by atoms with Gasteiger partial charge in [0, 0.05) is 30.5 Å². The zero-order valence-electron chi connectivity index (χ0n) is 16.5. The van der Waals surface area contributed by atoms with Gasteiger partial charge in [0.15, 0.2) is 0 Å². The van der Waals surface area contributed by atoms with Gasteiger partial charge < -0.3 is 15.4 Å². The molecule has 2 N–H and O–H groups in total. The molecule has 1 heterocycles. The number of nitrogens with one attached hydrogen (secondary N) is 2. The highest BCUT2D eigenvalue weighted by molar-refractivity contribution is 5.67. The van der Waals surface area contributed by atoms with E-state index in [2.05, 4.69) is 32.7 Å². The Balaban J connectivity index is 1.65. The van der Waals surface area contributed by atoms with Crippen LogP contribution in [0.1, 0.15) is 56.2 Å². The first-order valence-corrected chi connectivity index (χ1v) is 9.45. The van der Waals surface area contributed by atoms with Crippen molar-refractivity contribution in [2.75, 3.05) is 11.9 Å². The SMILES string of the molecule is Cc1cnc(Nc2ccc3c(c2)CCC[C@H]3CNC(=O)OC(C)(C)C)nc1. The molecule has 0 bridgehead atoms. The third kappa shape index (κ3) is 5.42. The van der Waals surface area contributed by atoms with Crippen molar-refractivity contribution in [3.8, 4) is 0 Å². The number of benzene rings is 1. The predicted molar refractivity (Wildman–Crippen MR) is 106 cm³/mol. The van der Waals surface area contributed by atoms with Gasteiger partial charge in [-0.15, -0.1) is 0 Å². The van der Waals surface area contributed by atoms with Gasteiger partial charge in [0.2, 0.25) is 5.95 Å². The van der Waals surface area contributed by atoms with Crippen molar-refractivity contribution in [2.45, 2.75) is 58.5 Å². The van der Waals surface area contributed by atoms with Crippen molar-refractivity contribution in [3.05, 3.63) is 47.3 Å². The van der Waals surface area contributed by atoms with Crippen molar-refractivity contribution in [2.24, 2.45) is 0 Å². The van der Waals surface area contributed by atoms with Crippen molar-refractivity contribution in [1.82, 2.24) is 15.3 Å². The van der Waals surface area contributed by atoms with Gasteiger partial charge in [-0.25, -0.2) is 14.8 Å². The van der Waals surface area contributed by atoms with Gasteiger partial charge in [-0.2, -0.15) is 0 Å². The summed E-state index contributed by atoms with van der Waals surface area (Å²) in [5.74, 6) is 0.908. The Kier molecular flexibility index (Phi) is 5.63. The number of ether oxygens (including phenoxy) is 1. The van der Waals surface area contributed by atoms with Gasteiger partial charge in [-0.1, -0.05) is 6.07 Å². The second-order valence-electron chi connectivity index (χ2n) is 8.09. The minimum Gasteiger partial charge on any atom is -0.444 e. The molecule has 1 aliphatic rings. The summed E-state index contributed by atoms with van der Waals surface area (Å²) in [6.45, 7) is 8.17. The number of rotatable bonds is 4. The van der Waals surface area contributed by atoms with Crippen LogP contribution in [0.25, 0.3) is 0 Å². The second kappa shape index (κ2) is 7.94. The summed E-state index contributed by atoms with van der Waals surface area (Å²) in [4.78, 5) is 20.5. The summed E-state index contributed by atoms with van der Waals surface area (Å²) in [6.07, 6.45) is 6.46. The van der Waals surface area contributed by atoms with E-state index in [4.69, 9.17) is 4.74 Å². The minimum absolute atomic E-state index is 0.311. The molecule has 1 aliphatic carbocycles. The van der Waals surface area contributed by atoms with Crippen molar-refractivity contribution in [3.63, 3.8) is 0 Å². The van der Waals surface area contributed by atoms with Crippen LogP contribution in [-0.2, 0) is 11.2 Å². The number of alkyl carbamates (subject to hydrolysis) is 1. The minimum atomic E-state index is -0.479. The normalized spacial score (nSPS) is 16.4. The molecule has 1 aromatic heterocycles. The van der Waals surface area contributed by atoms with E-state index in [9.17, 15) is 4.79 Å². The second-order valence-corrected chi connectivity index (χ2v) is 8.09. The Morgan fingerprint density at radius 2 is 2.00 bits per heavy atom. The van der Waals surface area contributed by atoms with Crippen LogP contribution in [0, 0.1) is 6.92 Å². The number of carbonyl (C=O) groups is 1. The number of aromatic nitrogens is 2. The van der Waals surface area contributed by atoms with Crippen molar-refractivity contribution < 1.29 is 9.53 Å². The highest BCUT2D eigenvalue weighted by Crippen LogP contribution is 2.33. The molecular formula is C21H28N4O2. The maximum atomic E-state index is 11.9. The highest BCUT2D eigenvalue weighted by Gasteiger charge is 2.22. The number of carbonyl (C=O) groups excluding carboxylic acids is 1. The lowest BCUT2D eigenvalue weighted by molar-refractivity contribution is 0.0523. The fraction of sp³-hybridized carbons (Fsp3) is 0.476. The molecule has 0 spiro atoms. The van der Waals surface area contributed by atoms with Crippen LogP contribution in [0.2, 0.25) is 0 Å². The summed E-state index contributed by atoms with van der Waals surface area (Å²) >= 11 is 0. The van der Waals surface area contributed by atoms with Gasteiger partial charge in [0.1, 0.15) is 5.60 Å². The molecule has 1 amide bonds. The first-order chi connectivity index (χ1) is 12.8. The van der Waals surface area contributed by atoms with E-state index >= 15 is 0 Å². The Morgan fingerprint density at radius 3 is 2.70 bits per heavy atom. The Bertz CT molecular complexity index is 797. The Labute approximate surface area is 160 Å². The van der Waals surface area contributed by atoms with Crippen molar-refractivity contribution in [1.29, 1.82) is 0 Å². The number of nitrogens with zero attached hydrogens (tertiary/aromatic N) is 2. The molecule has 0 fully saturated rings. The topological polar surface area (TPSA) is 76.1 Å². The molecule has 27 heavy (non-hydrogen) atoms. The molecule has 144 valence electrons. The summed E-state index contributed by atoms with van der Waals surface area (Å²) in [7, 11) is 0. The molecule has 0 aliphatic heterocycles. The van der Waals surface area contributed by atoms with E-state index in [0.29, 0.717) is 18.4 Å². The van der Waals surface area contributed by atoms with E-state index in [1.165, 1.54) is 11.1 Å². The molecule has 0 radical (unpaired) electrons. The molecule has 3 rings (SSSR count). The Hall–Kier alpha value is -2.63. The lowest BCUT2D eigenvalue weighted by atomic mass is 9.82. The number of amides is 1. The average molecular weight is 368 g/mol. The van der Waals surface area contributed by atoms with Crippen LogP contribution < -0.4 is 10.6 Å². The fourth-order valence-corrected chi connectivity index (χ4v) is 3.31. The molecule has 0 unspecified atom stereocenters. The third-order valence-electron chi connectivity index (χ3n) is 4.51. The van der Waals surface area contributed by atoms with Gasteiger partial charge in [-0.05, 0) is 75.8 Å². The summed E-state index contributed by atoms with van der Waals surface area (Å²) < 4.78 is 5.34. The molecular weight excluding hydrogens is 340 g/mol. The summed E-state index contributed by atoms with van der Waals surface area (Å²) in [5, 5.41) is 6.17. The number of fused-ring (bicyclic) bond motifs is 1. The molecule has 6 heteroatoms. The predicted octanol–water partition coefficient (Wildman–Crippen LogP) is 4.47. The highest BCUT2D eigenvalue weighted by atomic mass is 16.6. The molecule has 1 atom stereocenters. The van der Waals surface area contributed by atoms with E-state index in [1.807, 2.05) is 33.8 Å². The first kappa shape index (κ1) is 19.1. The van der Waals surface area contributed by atoms with Crippen LogP contribution in [-0.4, -0.2) is 28.2 Å². The lowest BCUT2D eigenvalue weighted by Crippen LogP contribution is -2.35. The fourth-order valence-electron chi connectivity index (χ4n) is 3.31. The number of hydrogen-bond donors (Lipinski definition) is 2. The van der Waals surface area contributed by atoms with Gasteiger partial charge in [0.25, 0.3) is 0 Å². The standard InChI is InChI=1S/C21H28N4O2/c1-14-11-22-19(23-12-14)25-17-8-9-18-15(10-17)6-5-7-16(18)13-24-20(26)27-21(2,3)4/h8-12,16H,5-7,13H2,1-4H3,(H,24,26)(H,22,23,25)/t16-/m0/s1. The molecule has 1 aromatic carbocycles. The van der Waals surface area contributed by atoms with E-state index in [0.717, 1.165) is 30.5 Å². The van der Waals surface area contributed by atoms with Crippen LogP contribution in [0.3, 0.4) is 0 Å². The average Bonchev–Trinajstić information content (AvgIpc) is 2.60. The number of aryl methyl sites for hydroxylation is 2. The maximum absolute atomic E-state index is 11.9. The zero-order valence-corrected chi connectivity index (χ0v) is 16.5. The van der Waals surface area contributed by atoms with E-state index in [-0.39, 0.29) is 6.09 Å². The molecule has 2 aromatic rings. The maximum Gasteiger partial charge on any atom is 0.407 e.